The lowest BCUT2D eigenvalue weighted by atomic mass is 9.98. The molecule has 3 N–H and O–H groups in total. The second-order valence-electron chi connectivity index (χ2n) is 12.5. The van der Waals surface area contributed by atoms with Crippen LogP contribution in [0.5, 0.6) is 0 Å². The molecule has 6 heteroatoms. The Bertz CT molecular complexity index is 2540. The van der Waals surface area contributed by atoms with E-state index in [0.29, 0.717) is 6.54 Å². The van der Waals surface area contributed by atoms with Crippen molar-refractivity contribution in [1.29, 1.82) is 0 Å². The monoisotopic (exact) mass is 621 g/mol. The van der Waals surface area contributed by atoms with Crippen LogP contribution in [0.25, 0.3) is 55.3 Å². The molecule has 4 heterocycles. The zero-order valence-corrected chi connectivity index (χ0v) is 26.0. The first-order chi connectivity index (χ1) is 23.8. The molecule has 6 aromatic carbocycles. The normalized spacial score (nSPS) is 17.4. The molecule has 2 aliphatic heterocycles. The van der Waals surface area contributed by atoms with E-state index in [1.165, 1.54) is 21.5 Å². The van der Waals surface area contributed by atoms with Crippen molar-refractivity contribution in [1.82, 2.24) is 20.5 Å². The lowest BCUT2D eigenvalue weighted by molar-refractivity contribution is 0.409. The lowest BCUT2D eigenvalue weighted by Crippen LogP contribution is -2.45. The van der Waals surface area contributed by atoms with Gasteiger partial charge in [0, 0.05) is 21.7 Å². The van der Waals surface area contributed by atoms with E-state index in [2.05, 4.69) is 160 Å². The van der Waals surface area contributed by atoms with Crippen LogP contribution in [0.2, 0.25) is 0 Å². The van der Waals surface area contributed by atoms with E-state index in [9.17, 15) is 0 Å². The van der Waals surface area contributed by atoms with Gasteiger partial charge in [0.15, 0.2) is 0 Å². The number of benzene rings is 6. The van der Waals surface area contributed by atoms with E-state index in [0.717, 1.165) is 61.5 Å². The third kappa shape index (κ3) is 4.20. The van der Waals surface area contributed by atoms with Gasteiger partial charge >= 0.3 is 0 Å². The van der Waals surface area contributed by atoms with Gasteiger partial charge in [0.2, 0.25) is 0 Å². The van der Waals surface area contributed by atoms with Crippen LogP contribution in [0.15, 0.2) is 149 Å². The number of aromatic nitrogens is 1. The average Bonchev–Trinajstić information content (AvgIpc) is 3.70. The minimum atomic E-state index is -0.278. The molecule has 0 amide bonds. The summed E-state index contributed by atoms with van der Waals surface area (Å²) in [6.07, 6.45) is 3.66. The minimum absolute atomic E-state index is 0.200. The highest BCUT2D eigenvalue weighted by Crippen LogP contribution is 2.40. The Labute approximate surface area is 277 Å². The molecule has 0 radical (unpaired) electrons. The van der Waals surface area contributed by atoms with Crippen molar-refractivity contribution in [2.45, 2.75) is 18.9 Å². The lowest BCUT2D eigenvalue weighted by Gasteiger charge is -2.33. The first-order valence-corrected chi connectivity index (χ1v) is 16.4. The maximum Gasteiger partial charge on any atom is 0.135 e. The third-order valence-electron chi connectivity index (χ3n) is 9.72. The van der Waals surface area contributed by atoms with Crippen LogP contribution in [0.3, 0.4) is 0 Å². The van der Waals surface area contributed by atoms with Crippen molar-refractivity contribution < 1.29 is 4.42 Å². The molecule has 230 valence electrons. The highest BCUT2D eigenvalue weighted by atomic mass is 16.3. The second kappa shape index (κ2) is 10.7. The summed E-state index contributed by atoms with van der Waals surface area (Å²) < 4.78 is 8.91. The van der Waals surface area contributed by atoms with Crippen molar-refractivity contribution in [2.75, 3.05) is 0 Å². The van der Waals surface area contributed by atoms with Gasteiger partial charge in [0.05, 0.1) is 28.8 Å². The fourth-order valence-corrected chi connectivity index (χ4v) is 7.51. The molecule has 0 bridgehead atoms. The number of fused-ring (bicyclic) bond motifs is 7. The summed E-state index contributed by atoms with van der Waals surface area (Å²) in [7, 11) is 0. The van der Waals surface area contributed by atoms with Crippen LogP contribution in [0.1, 0.15) is 40.3 Å². The summed E-state index contributed by atoms with van der Waals surface area (Å²) in [6, 6.07) is 47.3. The van der Waals surface area contributed by atoms with E-state index in [1.54, 1.807) is 0 Å². The number of furan rings is 1. The number of nitrogens with zero attached hydrogens (tertiary/aromatic N) is 2. The molecule has 0 fully saturated rings. The third-order valence-corrected chi connectivity index (χ3v) is 9.72. The number of rotatable bonds is 4. The quantitative estimate of drug-likeness (QED) is 0.183. The van der Waals surface area contributed by atoms with Crippen LogP contribution in [-0.4, -0.2) is 10.4 Å². The van der Waals surface area contributed by atoms with Crippen LogP contribution < -0.4 is 16.0 Å². The molecule has 10 rings (SSSR count). The van der Waals surface area contributed by atoms with Crippen molar-refractivity contribution in [3.05, 3.63) is 168 Å². The molecule has 2 unspecified atom stereocenters. The van der Waals surface area contributed by atoms with E-state index in [4.69, 9.17) is 9.41 Å². The van der Waals surface area contributed by atoms with Crippen molar-refractivity contribution >= 4 is 55.5 Å². The molecule has 2 atom stereocenters. The predicted octanol–water partition coefficient (Wildman–Crippen LogP) is 9.09. The fourth-order valence-electron chi connectivity index (χ4n) is 7.51. The van der Waals surface area contributed by atoms with Crippen LogP contribution in [-0.2, 0) is 6.54 Å². The molecule has 2 aliphatic rings. The highest BCUT2D eigenvalue weighted by molar-refractivity contribution is 6.17. The summed E-state index contributed by atoms with van der Waals surface area (Å²) in [5, 5.41) is 16.9. The van der Waals surface area contributed by atoms with Gasteiger partial charge in [-0.1, -0.05) is 103 Å². The average molecular weight is 622 g/mol. The summed E-state index contributed by atoms with van der Waals surface area (Å²) >= 11 is 0. The van der Waals surface area contributed by atoms with E-state index < -0.39 is 0 Å². The summed E-state index contributed by atoms with van der Waals surface area (Å²) in [6.45, 7) is 0.637. The fraction of sp³-hybridized carbons (Fsp3) is 0.0714. The van der Waals surface area contributed by atoms with E-state index >= 15 is 0 Å². The Kier molecular flexibility index (Phi) is 6.04. The van der Waals surface area contributed by atoms with Gasteiger partial charge in [0.25, 0.3) is 0 Å². The van der Waals surface area contributed by atoms with E-state index in [1.807, 2.05) is 6.20 Å². The molecular weight excluding hydrogens is 590 g/mol. The van der Waals surface area contributed by atoms with Gasteiger partial charge < -0.3 is 19.6 Å². The number of hydrogen-bond acceptors (Lipinski definition) is 5. The largest absolute Gasteiger partial charge is 0.459 e. The smallest absolute Gasteiger partial charge is 0.135 e. The molecule has 0 saturated heterocycles. The summed E-state index contributed by atoms with van der Waals surface area (Å²) in [5.74, 6) is 1.74. The standard InChI is InChI=1S/C42H31N5O/c1-2-11-27(12-3-1)40-44-41(29-19-18-26-10-4-5-13-28(26)24-29)46-42(45-40)39-35(20-21-36-38(39)32-22-23-43-25-37(32)48-36)47-33-16-8-6-14-30(33)31-15-7-9-17-34(31)47/h1-24,40-41,43-44H,25H2,(H,45,46). The zero-order valence-electron chi connectivity index (χ0n) is 26.0. The predicted molar refractivity (Wildman–Crippen MR) is 195 cm³/mol. The maximum absolute atomic E-state index is 6.52. The second-order valence-corrected chi connectivity index (χ2v) is 12.5. The molecule has 6 nitrogen and oxygen atoms in total. The summed E-state index contributed by atoms with van der Waals surface area (Å²) in [5.41, 5.74) is 8.54. The number of hydrogen-bond donors (Lipinski definition) is 3. The number of aliphatic imine (C=N–C) groups is 1. The minimum Gasteiger partial charge on any atom is -0.459 e. The number of nitrogens with one attached hydrogen (secondary N) is 3. The Morgan fingerprint density at radius 2 is 1.42 bits per heavy atom. The first-order valence-electron chi connectivity index (χ1n) is 16.4. The van der Waals surface area contributed by atoms with Crippen molar-refractivity contribution in [3.63, 3.8) is 0 Å². The Balaban J connectivity index is 1.26. The topological polar surface area (TPSA) is 66.5 Å². The molecular formula is C42H31N5O. The SMILES string of the molecule is C1=Cc2c(oc3ccc(-n4c5ccccc5c5ccccc54)c(C4=NC(c5ccccc5)NC(c5ccc6ccccc6c5)N4)c23)CN1. The molecule has 48 heavy (non-hydrogen) atoms. The molecule has 0 saturated carbocycles. The number of amidine groups is 1. The van der Waals surface area contributed by atoms with Gasteiger partial charge in [-0.25, -0.2) is 4.99 Å². The maximum atomic E-state index is 6.52. The Hall–Kier alpha value is -6.11. The Morgan fingerprint density at radius 3 is 2.23 bits per heavy atom. The molecule has 0 aliphatic carbocycles. The molecule has 2 aromatic heterocycles. The van der Waals surface area contributed by atoms with Gasteiger partial charge in [-0.05, 0) is 64.5 Å². The van der Waals surface area contributed by atoms with Crippen molar-refractivity contribution in [3.8, 4) is 5.69 Å². The first kappa shape index (κ1) is 27.0. The number of para-hydroxylation sites is 2. The van der Waals surface area contributed by atoms with Crippen LogP contribution in [0.4, 0.5) is 0 Å². The van der Waals surface area contributed by atoms with Crippen LogP contribution in [0, 0.1) is 0 Å². The van der Waals surface area contributed by atoms with Crippen LogP contribution >= 0.6 is 0 Å². The Morgan fingerprint density at radius 1 is 0.688 bits per heavy atom. The molecule has 8 aromatic rings. The van der Waals surface area contributed by atoms with Gasteiger partial charge in [-0.3, -0.25) is 5.32 Å². The zero-order chi connectivity index (χ0) is 31.6. The highest BCUT2D eigenvalue weighted by Gasteiger charge is 2.31. The van der Waals surface area contributed by atoms with Gasteiger partial charge in [-0.15, -0.1) is 0 Å². The van der Waals surface area contributed by atoms with Gasteiger partial charge in [-0.2, -0.15) is 0 Å². The molecule has 0 spiro atoms. The summed E-state index contributed by atoms with van der Waals surface area (Å²) in [4.78, 5) is 5.47. The van der Waals surface area contributed by atoms with Crippen molar-refractivity contribution in [2.24, 2.45) is 4.99 Å². The van der Waals surface area contributed by atoms with E-state index in [-0.39, 0.29) is 12.3 Å². The van der Waals surface area contributed by atoms with Gasteiger partial charge in [0.1, 0.15) is 29.5 Å².